The van der Waals surface area contributed by atoms with E-state index in [1.54, 1.807) is 48.5 Å². The van der Waals surface area contributed by atoms with Gasteiger partial charge in [0, 0.05) is 19.5 Å². The van der Waals surface area contributed by atoms with Crippen molar-refractivity contribution in [3.63, 3.8) is 0 Å². The Morgan fingerprint density at radius 1 is 0.786 bits per heavy atom. The maximum atomic E-state index is 14.3. The molecule has 42 heavy (non-hydrogen) atoms. The van der Waals surface area contributed by atoms with Crippen molar-refractivity contribution in [1.82, 2.24) is 10.2 Å². The summed E-state index contributed by atoms with van der Waals surface area (Å²) in [5, 5.41) is 2.96. The number of nitrogens with zero attached hydrogens (tertiary/aromatic N) is 2. The molecule has 218 valence electrons. The first-order chi connectivity index (χ1) is 20.3. The number of anilines is 1. The van der Waals surface area contributed by atoms with Crippen LogP contribution in [-0.4, -0.2) is 44.3 Å². The second kappa shape index (κ2) is 14.5. The van der Waals surface area contributed by atoms with Crippen molar-refractivity contribution in [1.29, 1.82) is 0 Å². The molecule has 0 aliphatic rings. The number of amides is 2. The lowest BCUT2D eigenvalue weighted by atomic mass is 10.0. The van der Waals surface area contributed by atoms with Gasteiger partial charge in [0.15, 0.2) is 0 Å². The molecule has 0 aliphatic heterocycles. The highest BCUT2D eigenvalue weighted by atomic mass is 32.2. The fourth-order valence-corrected chi connectivity index (χ4v) is 6.21. The highest BCUT2D eigenvalue weighted by Crippen LogP contribution is 2.25. The van der Waals surface area contributed by atoms with Crippen LogP contribution in [0.5, 0.6) is 0 Å². The van der Waals surface area contributed by atoms with Crippen molar-refractivity contribution in [2.45, 2.75) is 44.2 Å². The molecule has 0 saturated heterocycles. The van der Waals surface area contributed by atoms with Crippen LogP contribution in [0.1, 0.15) is 30.0 Å². The molecule has 1 atom stereocenters. The van der Waals surface area contributed by atoms with Crippen molar-refractivity contribution in [3.8, 4) is 0 Å². The normalized spacial score (nSPS) is 11.9. The summed E-state index contributed by atoms with van der Waals surface area (Å²) in [6.45, 7) is 4.07. The summed E-state index contributed by atoms with van der Waals surface area (Å²) in [5.41, 5.74) is 3.13. The van der Waals surface area contributed by atoms with E-state index in [2.05, 4.69) is 5.32 Å². The van der Waals surface area contributed by atoms with Gasteiger partial charge in [-0.1, -0.05) is 103 Å². The second-order valence-electron chi connectivity index (χ2n) is 10.2. The van der Waals surface area contributed by atoms with Gasteiger partial charge in [-0.2, -0.15) is 0 Å². The minimum absolute atomic E-state index is 0.0772. The van der Waals surface area contributed by atoms with Crippen molar-refractivity contribution in [3.05, 3.63) is 132 Å². The zero-order valence-electron chi connectivity index (χ0n) is 24.0. The lowest BCUT2D eigenvalue weighted by Crippen LogP contribution is -2.53. The van der Waals surface area contributed by atoms with Crippen molar-refractivity contribution >= 4 is 27.5 Å². The number of benzene rings is 4. The van der Waals surface area contributed by atoms with Gasteiger partial charge in [-0.15, -0.1) is 0 Å². The number of carbonyl (C=O) groups excluding carboxylic acids is 2. The maximum Gasteiger partial charge on any atom is 0.264 e. The monoisotopic (exact) mass is 583 g/mol. The van der Waals surface area contributed by atoms with E-state index < -0.39 is 28.5 Å². The van der Waals surface area contributed by atoms with Crippen LogP contribution in [0, 0.1) is 6.92 Å². The van der Waals surface area contributed by atoms with Crippen LogP contribution in [0.4, 0.5) is 5.69 Å². The van der Waals surface area contributed by atoms with Gasteiger partial charge < -0.3 is 10.2 Å². The summed E-state index contributed by atoms with van der Waals surface area (Å²) in [4.78, 5) is 29.6. The smallest absolute Gasteiger partial charge is 0.264 e. The molecule has 0 radical (unpaired) electrons. The molecule has 0 spiro atoms. The molecular formula is C34H37N3O4S. The molecule has 8 heteroatoms. The Balaban J connectivity index is 1.77. The van der Waals surface area contributed by atoms with Gasteiger partial charge in [0.25, 0.3) is 10.0 Å². The fourth-order valence-electron chi connectivity index (χ4n) is 4.77. The maximum absolute atomic E-state index is 14.3. The van der Waals surface area contributed by atoms with Gasteiger partial charge >= 0.3 is 0 Å². The van der Waals surface area contributed by atoms with Crippen molar-refractivity contribution in [2.75, 3.05) is 17.4 Å². The quantitative estimate of drug-likeness (QED) is 0.230. The van der Waals surface area contributed by atoms with E-state index in [9.17, 15) is 18.0 Å². The Morgan fingerprint density at radius 3 is 2.00 bits per heavy atom. The number of aryl methyl sites for hydroxylation is 1. The van der Waals surface area contributed by atoms with Gasteiger partial charge in [0.2, 0.25) is 11.8 Å². The molecule has 2 amide bonds. The molecule has 0 aromatic heterocycles. The minimum atomic E-state index is -4.10. The Bertz CT molecular complexity index is 1560. The van der Waals surface area contributed by atoms with E-state index in [1.807, 2.05) is 68.4 Å². The summed E-state index contributed by atoms with van der Waals surface area (Å²) in [6, 6.07) is 33.1. The zero-order valence-corrected chi connectivity index (χ0v) is 24.8. The van der Waals surface area contributed by atoms with E-state index >= 15 is 0 Å². The molecule has 0 saturated carbocycles. The summed E-state index contributed by atoms with van der Waals surface area (Å²) in [7, 11) is -4.10. The van der Waals surface area contributed by atoms with Crippen LogP contribution in [-0.2, 0) is 32.6 Å². The van der Waals surface area contributed by atoms with Gasteiger partial charge in [-0.3, -0.25) is 13.9 Å². The second-order valence-corrected chi connectivity index (χ2v) is 12.0. The molecule has 0 fully saturated rings. The van der Waals surface area contributed by atoms with Gasteiger partial charge in [0.05, 0.1) is 10.6 Å². The van der Waals surface area contributed by atoms with Crippen molar-refractivity contribution in [2.24, 2.45) is 0 Å². The highest BCUT2D eigenvalue weighted by Gasteiger charge is 2.34. The molecule has 0 bridgehead atoms. The van der Waals surface area contributed by atoms with E-state index in [1.165, 1.54) is 17.0 Å². The molecule has 4 aromatic rings. The first kappa shape index (κ1) is 30.5. The predicted molar refractivity (Wildman–Crippen MR) is 166 cm³/mol. The first-order valence-electron chi connectivity index (χ1n) is 14.1. The topological polar surface area (TPSA) is 86.8 Å². The molecular weight excluding hydrogens is 546 g/mol. The molecule has 4 aromatic carbocycles. The van der Waals surface area contributed by atoms with Crippen LogP contribution in [0.2, 0.25) is 0 Å². The first-order valence-corrected chi connectivity index (χ1v) is 15.5. The Kier molecular flexibility index (Phi) is 10.5. The number of rotatable bonds is 13. The highest BCUT2D eigenvalue weighted by molar-refractivity contribution is 7.92. The van der Waals surface area contributed by atoms with E-state index in [0.29, 0.717) is 12.2 Å². The van der Waals surface area contributed by atoms with Crippen LogP contribution in [0.15, 0.2) is 120 Å². The Morgan fingerprint density at radius 2 is 1.38 bits per heavy atom. The Labute approximate surface area is 248 Å². The summed E-state index contributed by atoms with van der Waals surface area (Å²) in [6.07, 6.45) is 1.03. The molecule has 7 nitrogen and oxygen atoms in total. The lowest BCUT2D eigenvalue weighted by molar-refractivity contribution is -0.140. The standard InChI is InChI=1S/C34H37N3O4S/c1-3-22-35-34(39)32(24-28-15-7-4-8-16-28)36(25-29-17-13-14-27(2)23-29)33(38)26-37(30-18-9-5-10-19-30)42(40,41)31-20-11-6-12-21-31/h4-21,23,32H,3,22,24-26H2,1-2H3,(H,35,39)/t32-/m1/s1. The Hall–Kier alpha value is -4.43. The fraction of sp³-hybridized carbons (Fsp3) is 0.235. The van der Waals surface area contributed by atoms with Crippen LogP contribution in [0.25, 0.3) is 0 Å². The molecule has 0 unspecified atom stereocenters. The third kappa shape index (κ3) is 7.85. The average molecular weight is 584 g/mol. The van der Waals surface area contributed by atoms with Crippen LogP contribution < -0.4 is 9.62 Å². The number of hydrogen-bond donors (Lipinski definition) is 1. The van der Waals surface area contributed by atoms with Gasteiger partial charge in [0.1, 0.15) is 12.6 Å². The van der Waals surface area contributed by atoms with Crippen LogP contribution >= 0.6 is 0 Å². The largest absolute Gasteiger partial charge is 0.354 e. The minimum Gasteiger partial charge on any atom is -0.354 e. The molecule has 0 heterocycles. The molecule has 4 rings (SSSR count). The number of nitrogens with one attached hydrogen (secondary N) is 1. The third-order valence-electron chi connectivity index (χ3n) is 6.91. The van der Waals surface area contributed by atoms with Crippen molar-refractivity contribution < 1.29 is 18.0 Å². The summed E-state index contributed by atoms with van der Waals surface area (Å²) in [5.74, 6) is -0.758. The number of carbonyl (C=O) groups is 2. The number of para-hydroxylation sites is 1. The third-order valence-corrected chi connectivity index (χ3v) is 8.70. The SMILES string of the molecule is CCCNC(=O)[C@@H](Cc1ccccc1)N(Cc1cccc(C)c1)C(=O)CN(c1ccccc1)S(=O)(=O)c1ccccc1. The summed E-state index contributed by atoms with van der Waals surface area (Å²) >= 11 is 0. The number of hydrogen-bond acceptors (Lipinski definition) is 4. The van der Waals surface area contributed by atoms with E-state index in [4.69, 9.17) is 0 Å². The predicted octanol–water partition coefficient (Wildman–Crippen LogP) is 5.36. The zero-order chi connectivity index (χ0) is 30.0. The molecule has 1 N–H and O–H groups in total. The average Bonchev–Trinajstić information content (AvgIpc) is 3.01. The van der Waals surface area contributed by atoms with Gasteiger partial charge in [-0.25, -0.2) is 8.42 Å². The molecule has 0 aliphatic carbocycles. The number of sulfonamides is 1. The lowest BCUT2D eigenvalue weighted by Gasteiger charge is -2.34. The van der Waals surface area contributed by atoms with Crippen LogP contribution in [0.3, 0.4) is 0 Å². The van der Waals surface area contributed by atoms with E-state index in [-0.39, 0.29) is 23.8 Å². The van der Waals surface area contributed by atoms with E-state index in [0.717, 1.165) is 27.4 Å². The van der Waals surface area contributed by atoms with Gasteiger partial charge in [-0.05, 0) is 48.7 Å². The summed E-state index contributed by atoms with van der Waals surface area (Å²) < 4.78 is 28.9.